The average molecular weight is 183 g/mol. The summed E-state index contributed by atoms with van der Waals surface area (Å²) < 4.78 is 4.26. The molecule has 1 aliphatic rings. The minimum absolute atomic E-state index is 0.669. The summed E-state index contributed by atoms with van der Waals surface area (Å²) in [5.74, 6) is 0.981. The zero-order valence-electron chi connectivity index (χ0n) is 7.45. The van der Waals surface area contributed by atoms with Crippen LogP contribution < -0.4 is 4.90 Å². The van der Waals surface area contributed by atoms with E-state index in [0.717, 1.165) is 23.9 Å². The lowest BCUT2D eigenvalue weighted by molar-refractivity contribution is 0.480. The van der Waals surface area contributed by atoms with Crippen molar-refractivity contribution in [1.82, 2.24) is 9.36 Å². The minimum Gasteiger partial charge on any atom is -0.344 e. The third kappa shape index (κ3) is 1.20. The Morgan fingerprint density at radius 1 is 1.67 bits per heavy atom. The quantitative estimate of drug-likeness (QED) is 0.698. The van der Waals surface area contributed by atoms with Gasteiger partial charge in [0.15, 0.2) is 0 Å². The molecule has 1 unspecified atom stereocenters. The highest BCUT2D eigenvalue weighted by Crippen LogP contribution is 2.27. The lowest BCUT2D eigenvalue weighted by Crippen LogP contribution is -2.45. The van der Waals surface area contributed by atoms with Gasteiger partial charge in [0.25, 0.3) is 0 Å². The third-order valence-electron chi connectivity index (χ3n) is 2.34. The monoisotopic (exact) mass is 183 g/mol. The van der Waals surface area contributed by atoms with Crippen LogP contribution in [0.2, 0.25) is 0 Å². The predicted octanol–water partition coefficient (Wildman–Crippen LogP) is 1.70. The Bertz CT molecular complexity index is 271. The summed E-state index contributed by atoms with van der Waals surface area (Å²) in [7, 11) is 0. The van der Waals surface area contributed by atoms with Crippen LogP contribution in [-0.4, -0.2) is 21.9 Å². The average Bonchev–Trinajstić information content (AvgIpc) is 2.50. The molecule has 2 rings (SSSR count). The van der Waals surface area contributed by atoms with E-state index >= 15 is 0 Å². The van der Waals surface area contributed by atoms with E-state index in [1.165, 1.54) is 18.0 Å². The van der Waals surface area contributed by atoms with Crippen LogP contribution in [0, 0.1) is 0 Å². The fourth-order valence-electron chi connectivity index (χ4n) is 1.31. The minimum atomic E-state index is 0.669. The van der Waals surface area contributed by atoms with E-state index < -0.39 is 0 Å². The lowest BCUT2D eigenvalue weighted by atomic mass is 10.1. The summed E-state index contributed by atoms with van der Waals surface area (Å²) in [6.07, 6.45) is 2.24. The maximum absolute atomic E-state index is 4.43. The van der Waals surface area contributed by atoms with Gasteiger partial charge in [-0.15, -0.1) is 0 Å². The molecule has 0 saturated carbocycles. The first kappa shape index (κ1) is 7.98. The van der Waals surface area contributed by atoms with Gasteiger partial charge in [0.1, 0.15) is 5.82 Å². The molecule has 0 aromatic carbocycles. The molecule has 0 aliphatic carbocycles. The number of rotatable bonds is 2. The van der Waals surface area contributed by atoms with Gasteiger partial charge in [0, 0.05) is 30.5 Å². The second-order valence-electron chi connectivity index (χ2n) is 3.18. The highest BCUT2D eigenvalue weighted by atomic mass is 32.1. The van der Waals surface area contributed by atoms with Crippen molar-refractivity contribution >= 4 is 16.7 Å². The van der Waals surface area contributed by atoms with Crippen molar-refractivity contribution in [1.29, 1.82) is 0 Å². The van der Waals surface area contributed by atoms with Gasteiger partial charge >= 0.3 is 0 Å². The van der Waals surface area contributed by atoms with Crippen molar-refractivity contribution < 1.29 is 0 Å². The predicted molar refractivity (Wildman–Crippen MR) is 50.7 cm³/mol. The SMILES string of the molecule is CCc1nsc(N2CCC2C)n1. The molecule has 1 atom stereocenters. The molecule has 2 heterocycles. The molecule has 1 aromatic rings. The summed E-state index contributed by atoms with van der Waals surface area (Å²) in [4.78, 5) is 6.75. The Morgan fingerprint density at radius 2 is 2.50 bits per heavy atom. The first-order valence-electron chi connectivity index (χ1n) is 4.40. The molecule has 0 amide bonds. The summed E-state index contributed by atoms with van der Waals surface area (Å²) in [5.41, 5.74) is 0. The number of nitrogens with zero attached hydrogens (tertiary/aromatic N) is 3. The van der Waals surface area contributed by atoms with Crippen LogP contribution in [0.25, 0.3) is 0 Å². The van der Waals surface area contributed by atoms with Crippen LogP contribution in [0.3, 0.4) is 0 Å². The van der Waals surface area contributed by atoms with Gasteiger partial charge in [-0.2, -0.15) is 4.37 Å². The Hall–Kier alpha value is -0.640. The molecule has 0 spiro atoms. The van der Waals surface area contributed by atoms with Crippen LogP contribution in [0.5, 0.6) is 0 Å². The first-order valence-corrected chi connectivity index (χ1v) is 5.18. The molecule has 4 heteroatoms. The van der Waals surface area contributed by atoms with Crippen molar-refractivity contribution in [3.05, 3.63) is 5.82 Å². The molecule has 0 N–H and O–H groups in total. The summed E-state index contributed by atoms with van der Waals surface area (Å²) in [6, 6.07) is 0.669. The largest absolute Gasteiger partial charge is 0.344 e. The second kappa shape index (κ2) is 3.01. The Balaban J connectivity index is 2.12. The molecular formula is C8H13N3S. The van der Waals surface area contributed by atoms with E-state index in [-0.39, 0.29) is 0 Å². The Morgan fingerprint density at radius 3 is 2.92 bits per heavy atom. The van der Waals surface area contributed by atoms with Crippen LogP contribution >= 0.6 is 11.5 Å². The number of anilines is 1. The van der Waals surface area contributed by atoms with Crippen LogP contribution in [-0.2, 0) is 6.42 Å². The highest BCUT2D eigenvalue weighted by molar-refractivity contribution is 7.09. The van der Waals surface area contributed by atoms with Gasteiger partial charge < -0.3 is 4.90 Å². The van der Waals surface area contributed by atoms with Crippen molar-refractivity contribution in [2.75, 3.05) is 11.4 Å². The van der Waals surface area contributed by atoms with E-state index in [9.17, 15) is 0 Å². The van der Waals surface area contributed by atoms with Crippen LogP contribution in [0.4, 0.5) is 5.13 Å². The van der Waals surface area contributed by atoms with E-state index in [4.69, 9.17) is 0 Å². The number of aromatic nitrogens is 2. The maximum atomic E-state index is 4.43. The topological polar surface area (TPSA) is 29.0 Å². The standard InChI is InChI=1S/C8H13N3S/c1-3-7-9-8(12-10-7)11-5-4-6(11)2/h6H,3-5H2,1-2H3. The molecule has 0 bridgehead atoms. The number of aryl methyl sites for hydroxylation is 1. The lowest BCUT2D eigenvalue weighted by Gasteiger charge is -2.38. The molecule has 1 aliphatic heterocycles. The Labute approximate surface area is 76.6 Å². The van der Waals surface area contributed by atoms with Crippen molar-refractivity contribution in [2.45, 2.75) is 32.7 Å². The van der Waals surface area contributed by atoms with Gasteiger partial charge in [-0.1, -0.05) is 6.92 Å². The summed E-state index contributed by atoms with van der Waals surface area (Å²) in [5, 5.41) is 1.10. The first-order chi connectivity index (χ1) is 5.81. The molecule has 1 fully saturated rings. The van der Waals surface area contributed by atoms with Gasteiger partial charge in [-0.05, 0) is 13.3 Å². The Kier molecular flexibility index (Phi) is 2.00. The third-order valence-corrected chi connectivity index (χ3v) is 3.13. The van der Waals surface area contributed by atoms with E-state index in [2.05, 4.69) is 28.1 Å². The van der Waals surface area contributed by atoms with Gasteiger partial charge in [-0.25, -0.2) is 4.98 Å². The van der Waals surface area contributed by atoms with E-state index in [1.54, 1.807) is 0 Å². The van der Waals surface area contributed by atoms with Gasteiger partial charge in [0.2, 0.25) is 5.13 Å². The molecule has 3 nitrogen and oxygen atoms in total. The summed E-state index contributed by atoms with van der Waals surface area (Å²) in [6.45, 7) is 5.47. The fraction of sp³-hybridized carbons (Fsp3) is 0.750. The molecule has 66 valence electrons. The van der Waals surface area contributed by atoms with E-state index in [0.29, 0.717) is 6.04 Å². The fourth-order valence-corrected chi connectivity index (χ4v) is 2.18. The highest BCUT2D eigenvalue weighted by Gasteiger charge is 2.26. The van der Waals surface area contributed by atoms with Gasteiger partial charge in [0.05, 0.1) is 0 Å². The normalized spacial score (nSPS) is 22.5. The molecular weight excluding hydrogens is 170 g/mol. The van der Waals surface area contributed by atoms with Crippen LogP contribution in [0.1, 0.15) is 26.1 Å². The van der Waals surface area contributed by atoms with Gasteiger partial charge in [-0.3, -0.25) is 0 Å². The second-order valence-corrected chi connectivity index (χ2v) is 3.91. The zero-order valence-corrected chi connectivity index (χ0v) is 8.27. The number of hydrogen-bond acceptors (Lipinski definition) is 4. The molecule has 12 heavy (non-hydrogen) atoms. The molecule has 0 radical (unpaired) electrons. The maximum Gasteiger partial charge on any atom is 0.205 e. The number of hydrogen-bond donors (Lipinski definition) is 0. The summed E-state index contributed by atoms with van der Waals surface area (Å²) >= 11 is 1.53. The van der Waals surface area contributed by atoms with Crippen molar-refractivity contribution in [3.63, 3.8) is 0 Å². The zero-order chi connectivity index (χ0) is 8.55. The van der Waals surface area contributed by atoms with E-state index in [1.807, 2.05) is 0 Å². The van der Waals surface area contributed by atoms with Crippen LogP contribution in [0.15, 0.2) is 0 Å². The van der Waals surface area contributed by atoms with Crippen molar-refractivity contribution in [3.8, 4) is 0 Å². The van der Waals surface area contributed by atoms with Crippen molar-refractivity contribution in [2.24, 2.45) is 0 Å². The smallest absolute Gasteiger partial charge is 0.205 e. The molecule has 1 saturated heterocycles. The molecule has 1 aromatic heterocycles.